The summed E-state index contributed by atoms with van der Waals surface area (Å²) in [7, 11) is 0. The molecule has 7 nitrogen and oxygen atoms in total. The molecule has 0 unspecified atom stereocenters. The van der Waals surface area contributed by atoms with Gasteiger partial charge < -0.3 is 15.5 Å². The van der Waals surface area contributed by atoms with Crippen molar-refractivity contribution in [1.82, 2.24) is 14.6 Å². The van der Waals surface area contributed by atoms with E-state index in [1.165, 1.54) is 16.6 Å². The Balaban J connectivity index is 2.45. The van der Waals surface area contributed by atoms with Gasteiger partial charge in [-0.3, -0.25) is 4.79 Å². The van der Waals surface area contributed by atoms with Crippen LogP contribution in [0.5, 0.6) is 0 Å². The van der Waals surface area contributed by atoms with Crippen LogP contribution < -0.4 is 11.3 Å². The molecule has 0 radical (unpaired) electrons. The first-order valence-electron chi connectivity index (χ1n) is 5.38. The van der Waals surface area contributed by atoms with E-state index >= 15 is 0 Å². The summed E-state index contributed by atoms with van der Waals surface area (Å²) in [6.45, 7) is 5.28. The molecule has 2 heterocycles. The molecule has 0 aromatic carbocycles. The van der Waals surface area contributed by atoms with Gasteiger partial charge in [-0.2, -0.15) is 5.10 Å². The first kappa shape index (κ1) is 12.2. The second-order valence-electron chi connectivity index (χ2n) is 4.89. The van der Waals surface area contributed by atoms with Crippen molar-refractivity contribution in [3.05, 3.63) is 28.2 Å². The molecule has 0 saturated heterocycles. The molecular formula is C11H14N4O3. The Kier molecular flexibility index (Phi) is 2.61. The first-order chi connectivity index (χ1) is 8.26. The van der Waals surface area contributed by atoms with Gasteiger partial charge in [0.25, 0.3) is 5.56 Å². The van der Waals surface area contributed by atoms with E-state index < -0.39 is 11.6 Å². The van der Waals surface area contributed by atoms with E-state index in [9.17, 15) is 9.59 Å². The van der Waals surface area contributed by atoms with Gasteiger partial charge in [0, 0.05) is 12.1 Å². The van der Waals surface area contributed by atoms with Gasteiger partial charge in [0.05, 0.1) is 0 Å². The van der Waals surface area contributed by atoms with Crippen LogP contribution in [0.15, 0.2) is 16.9 Å². The van der Waals surface area contributed by atoms with Crippen molar-refractivity contribution in [3.8, 4) is 0 Å². The molecule has 2 aromatic rings. The minimum absolute atomic E-state index is 0.0958. The Bertz CT molecular complexity index is 663. The number of aromatic nitrogens is 3. The summed E-state index contributed by atoms with van der Waals surface area (Å²) in [4.78, 5) is 25.5. The number of rotatable bonds is 1. The number of hydrogen-bond donors (Lipinski definition) is 2. The van der Waals surface area contributed by atoms with Crippen molar-refractivity contribution < 1.29 is 9.53 Å². The SMILES string of the molecule is CC(C)(C)OC(=O)c1cc2[nH]c(=O)cc(N)n2n1. The number of aromatic amines is 1. The molecule has 96 valence electrons. The van der Waals surface area contributed by atoms with Gasteiger partial charge in [-0.25, -0.2) is 9.31 Å². The van der Waals surface area contributed by atoms with Crippen molar-refractivity contribution in [2.24, 2.45) is 0 Å². The number of fused-ring (bicyclic) bond motifs is 1. The topological polar surface area (TPSA) is 102 Å². The minimum Gasteiger partial charge on any atom is -0.455 e. The highest BCUT2D eigenvalue weighted by molar-refractivity contribution is 5.88. The number of carbonyl (C=O) groups excluding carboxylic acids is 1. The zero-order valence-electron chi connectivity index (χ0n) is 10.4. The number of carbonyl (C=O) groups is 1. The van der Waals surface area contributed by atoms with E-state index in [0.29, 0.717) is 5.65 Å². The molecule has 0 amide bonds. The zero-order valence-corrected chi connectivity index (χ0v) is 10.4. The van der Waals surface area contributed by atoms with Crippen molar-refractivity contribution in [2.75, 3.05) is 5.73 Å². The van der Waals surface area contributed by atoms with Crippen LogP contribution in [-0.2, 0) is 4.74 Å². The third-order valence-corrected chi connectivity index (χ3v) is 2.09. The molecule has 3 N–H and O–H groups in total. The summed E-state index contributed by atoms with van der Waals surface area (Å²) in [6, 6.07) is 2.62. The summed E-state index contributed by atoms with van der Waals surface area (Å²) >= 11 is 0. The number of H-pyrrole nitrogens is 1. The van der Waals surface area contributed by atoms with Crippen LogP contribution in [-0.4, -0.2) is 26.2 Å². The quantitative estimate of drug-likeness (QED) is 0.720. The van der Waals surface area contributed by atoms with Gasteiger partial charge in [0.15, 0.2) is 5.69 Å². The van der Waals surface area contributed by atoms with E-state index in [-0.39, 0.29) is 17.1 Å². The number of nitrogens with two attached hydrogens (primary N) is 1. The molecule has 0 aliphatic rings. The maximum absolute atomic E-state index is 11.8. The number of esters is 1. The molecule has 0 spiro atoms. The summed E-state index contributed by atoms with van der Waals surface area (Å²) in [5, 5.41) is 3.98. The molecule has 0 fully saturated rings. The Morgan fingerprint density at radius 2 is 2.11 bits per heavy atom. The minimum atomic E-state index is -0.605. The average molecular weight is 250 g/mol. The van der Waals surface area contributed by atoms with Gasteiger partial charge in [0.1, 0.15) is 17.1 Å². The molecule has 7 heteroatoms. The number of anilines is 1. The molecule has 18 heavy (non-hydrogen) atoms. The Labute approximate surface area is 103 Å². The van der Waals surface area contributed by atoms with E-state index in [4.69, 9.17) is 10.5 Å². The highest BCUT2D eigenvalue weighted by Crippen LogP contribution is 2.13. The summed E-state index contributed by atoms with van der Waals surface area (Å²) < 4.78 is 6.45. The summed E-state index contributed by atoms with van der Waals surface area (Å²) in [5.41, 5.74) is 5.11. The first-order valence-corrected chi connectivity index (χ1v) is 5.38. The number of hydrogen-bond acceptors (Lipinski definition) is 5. The third kappa shape index (κ3) is 2.34. The fraction of sp³-hybridized carbons (Fsp3) is 0.364. The van der Waals surface area contributed by atoms with Crippen molar-refractivity contribution in [1.29, 1.82) is 0 Å². The van der Waals surface area contributed by atoms with Crippen LogP contribution in [0.4, 0.5) is 5.82 Å². The Hall–Kier alpha value is -2.31. The number of ether oxygens (including phenoxy) is 1. The van der Waals surface area contributed by atoms with Crippen LogP contribution >= 0.6 is 0 Å². The third-order valence-electron chi connectivity index (χ3n) is 2.09. The van der Waals surface area contributed by atoms with Crippen molar-refractivity contribution >= 4 is 17.4 Å². The predicted molar refractivity (Wildman–Crippen MR) is 65.4 cm³/mol. The fourth-order valence-electron chi connectivity index (χ4n) is 1.45. The smallest absolute Gasteiger partial charge is 0.359 e. The lowest BCUT2D eigenvalue weighted by Crippen LogP contribution is -2.24. The summed E-state index contributed by atoms with van der Waals surface area (Å²) in [5.74, 6) is -0.407. The normalized spacial score (nSPS) is 11.7. The Morgan fingerprint density at radius 3 is 2.72 bits per heavy atom. The molecule has 2 rings (SSSR count). The van der Waals surface area contributed by atoms with Crippen molar-refractivity contribution in [2.45, 2.75) is 26.4 Å². The van der Waals surface area contributed by atoms with Crippen LogP contribution in [0.3, 0.4) is 0 Å². The molecule has 2 aromatic heterocycles. The highest BCUT2D eigenvalue weighted by Gasteiger charge is 2.20. The highest BCUT2D eigenvalue weighted by atomic mass is 16.6. The van der Waals surface area contributed by atoms with Crippen LogP contribution in [0.1, 0.15) is 31.3 Å². The second kappa shape index (κ2) is 3.86. The van der Waals surface area contributed by atoms with E-state index in [2.05, 4.69) is 10.1 Å². The zero-order chi connectivity index (χ0) is 13.5. The van der Waals surface area contributed by atoms with E-state index in [0.717, 1.165) is 0 Å². The molecule has 0 aliphatic heterocycles. The second-order valence-corrected chi connectivity index (χ2v) is 4.89. The van der Waals surface area contributed by atoms with Crippen LogP contribution in [0.25, 0.3) is 5.65 Å². The Morgan fingerprint density at radius 1 is 1.44 bits per heavy atom. The maximum atomic E-state index is 11.8. The van der Waals surface area contributed by atoms with E-state index in [1.807, 2.05) is 0 Å². The van der Waals surface area contributed by atoms with Crippen LogP contribution in [0.2, 0.25) is 0 Å². The fourth-order valence-corrected chi connectivity index (χ4v) is 1.45. The van der Waals surface area contributed by atoms with E-state index in [1.54, 1.807) is 20.8 Å². The van der Waals surface area contributed by atoms with Crippen LogP contribution in [0, 0.1) is 0 Å². The van der Waals surface area contributed by atoms with Gasteiger partial charge in [0.2, 0.25) is 0 Å². The molecule has 0 saturated carbocycles. The number of nitrogens with one attached hydrogen (secondary N) is 1. The van der Waals surface area contributed by atoms with Gasteiger partial charge >= 0.3 is 5.97 Å². The van der Waals surface area contributed by atoms with Gasteiger partial charge in [-0.05, 0) is 20.8 Å². The molecule has 0 bridgehead atoms. The molecular weight excluding hydrogens is 236 g/mol. The van der Waals surface area contributed by atoms with Gasteiger partial charge in [-0.15, -0.1) is 0 Å². The summed E-state index contributed by atoms with van der Waals surface area (Å²) in [6.07, 6.45) is 0. The largest absolute Gasteiger partial charge is 0.455 e. The lowest BCUT2D eigenvalue weighted by atomic mass is 10.2. The molecule has 0 aliphatic carbocycles. The lowest BCUT2D eigenvalue weighted by Gasteiger charge is -2.18. The number of nitrogens with zero attached hydrogens (tertiary/aromatic N) is 2. The maximum Gasteiger partial charge on any atom is 0.359 e. The van der Waals surface area contributed by atoms with Gasteiger partial charge in [-0.1, -0.05) is 0 Å². The monoisotopic (exact) mass is 250 g/mol. The van der Waals surface area contributed by atoms with Crippen molar-refractivity contribution in [3.63, 3.8) is 0 Å². The number of nitrogen functional groups attached to an aromatic ring is 1. The average Bonchev–Trinajstić information content (AvgIpc) is 2.58. The molecule has 0 atom stereocenters. The predicted octanol–water partition coefficient (Wildman–Crippen LogP) is 0.560. The standard InChI is InChI=1S/C11H14N4O3/c1-11(2,3)18-10(17)6-4-8-13-9(16)5-7(12)15(8)14-6/h4-5H,12H2,1-3H3,(H,13,16). The lowest BCUT2D eigenvalue weighted by molar-refractivity contribution is 0.00626.